The summed E-state index contributed by atoms with van der Waals surface area (Å²) in [6.07, 6.45) is -8.95. The number of rotatable bonds is 15. The number of hydrogen-bond donors (Lipinski definition) is 8. The lowest BCUT2D eigenvalue weighted by molar-refractivity contribution is -0.310. The smallest absolute Gasteiger partial charge is 0.394 e. The monoisotopic (exact) mass is 854 g/mol. The number of methoxy groups -OCH3 is 2. The number of fused-ring (bicyclic) bond motifs is 5. The maximum Gasteiger partial charge on any atom is 0.397 e. The molecule has 13 unspecified atom stereocenters. The minimum atomic E-state index is -4.98. The molecular formula is C40H70O17S. The fourth-order valence-corrected chi connectivity index (χ4v) is 13.4. The van der Waals surface area contributed by atoms with Crippen LogP contribution in [0.5, 0.6) is 0 Å². The van der Waals surface area contributed by atoms with E-state index in [-0.39, 0.29) is 49.7 Å². The summed E-state index contributed by atoms with van der Waals surface area (Å²) in [5, 5.41) is 78.3. The van der Waals surface area contributed by atoms with Crippen molar-refractivity contribution < 1.29 is 81.3 Å². The molecule has 18 heteroatoms. The van der Waals surface area contributed by atoms with Gasteiger partial charge in [-0.1, -0.05) is 41.0 Å². The van der Waals surface area contributed by atoms with Gasteiger partial charge in [-0.2, -0.15) is 8.42 Å². The van der Waals surface area contributed by atoms with Gasteiger partial charge >= 0.3 is 10.4 Å². The largest absolute Gasteiger partial charge is 0.397 e. The van der Waals surface area contributed by atoms with Gasteiger partial charge in [0, 0.05) is 32.5 Å². The Balaban J connectivity index is 1.13. The highest BCUT2D eigenvalue weighted by Crippen LogP contribution is 2.70. The second-order valence-electron chi connectivity index (χ2n) is 19.2. The number of ether oxygens (including phenoxy) is 6. The van der Waals surface area contributed by atoms with Crippen molar-refractivity contribution in [3.8, 4) is 0 Å². The summed E-state index contributed by atoms with van der Waals surface area (Å²) in [7, 11) is -2.12. The summed E-state index contributed by atoms with van der Waals surface area (Å²) in [5.41, 5.74) is -2.92. The van der Waals surface area contributed by atoms with Crippen molar-refractivity contribution in [1.29, 1.82) is 0 Å². The van der Waals surface area contributed by atoms with Crippen LogP contribution in [0.2, 0.25) is 0 Å². The van der Waals surface area contributed by atoms with Gasteiger partial charge in [0.1, 0.15) is 36.6 Å². The van der Waals surface area contributed by atoms with Gasteiger partial charge in [-0.3, -0.25) is 4.55 Å². The summed E-state index contributed by atoms with van der Waals surface area (Å²) in [6, 6.07) is 0. The third-order valence-electron chi connectivity index (χ3n) is 15.9. The molecular weight excluding hydrogens is 784 g/mol. The van der Waals surface area contributed by atoms with Crippen molar-refractivity contribution in [1.82, 2.24) is 0 Å². The van der Waals surface area contributed by atoms with E-state index in [9.17, 15) is 48.7 Å². The Morgan fingerprint density at radius 1 is 0.845 bits per heavy atom. The molecule has 17 nitrogen and oxygen atoms in total. The molecule has 0 aromatic heterocycles. The third-order valence-corrected chi connectivity index (χ3v) is 16.4. The van der Waals surface area contributed by atoms with Gasteiger partial charge in [0.25, 0.3) is 0 Å². The maximum atomic E-state index is 12.9. The number of aliphatic hydroxyl groups is 7. The zero-order valence-corrected chi connectivity index (χ0v) is 35.7. The van der Waals surface area contributed by atoms with Crippen molar-refractivity contribution in [3.63, 3.8) is 0 Å². The predicted molar refractivity (Wildman–Crippen MR) is 204 cm³/mol. The molecule has 0 aromatic carbocycles. The van der Waals surface area contributed by atoms with Crippen LogP contribution < -0.4 is 0 Å². The highest BCUT2D eigenvalue weighted by atomic mass is 32.3. The standard InChI is InChI=1S/C40H70O17S/c1-19(2)21(17-53-37-34(31(45)26(16-41)55-37)56-36-33(52-7)32(46)27(51-6)18-54-36)9-8-20(3)22-14-24(43)35-38(22,4)13-11-28-39(5)12-10-23(42)30(44)29(39)25(15-40(28,35)47)57-58(48,49)50/h19-37,41-47H,8-18H2,1-7H3,(H,48,49,50)/t20-,21-,22-,23+,24?,25?,26?,27?,28?,29?,30+,31?,32?,33?,34?,35?,36?,37?,38-,39-,40+/m1/s1. The molecule has 0 aromatic rings. The Hall–Kier alpha value is -0.650. The SMILES string of the molecule is COC1COC(OC2C(OC[C@@H](CC[C@@H](C)[C@H]3CC(O)C4[C@]5(O)CC(OS(=O)(=O)O)C6[C@@H](O)[C@@H](O)CC[C@]6(C)C5CC[C@@]43C)C(C)C)OC(CO)C2O)C(OC)C1O. The molecule has 4 saturated carbocycles. The number of hydrogen-bond acceptors (Lipinski definition) is 16. The quantitative estimate of drug-likeness (QED) is 0.106. The molecule has 0 radical (unpaired) electrons. The van der Waals surface area contributed by atoms with E-state index in [0.29, 0.717) is 25.7 Å². The second kappa shape index (κ2) is 17.8. The van der Waals surface area contributed by atoms with Crippen LogP contribution in [0, 0.1) is 52.3 Å². The molecule has 6 rings (SSSR count). The lowest BCUT2D eigenvalue weighted by atomic mass is 9.41. The molecule has 2 heterocycles. The summed E-state index contributed by atoms with van der Waals surface area (Å²) in [5.74, 6) is -1.57. The van der Waals surface area contributed by atoms with E-state index >= 15 is 0 Å². The molecule has 4 aliphatic carbocycles. The fourth-order valence-electron chi connectivity index (χ4n) is 12.9. The Bertz CT molecular complexity index is 1490. The average Bonchev–Trinajstić information content (AvgIpc) is 3.60. The Morgan fingerprint density at radius 2 is 1.53 bits per heavy atom. The van der Waals surface area contributed by atoms with Crippen molar-refractivity contribution in [2.24, 2.45) is 52.3 Å². The summed E-state index contributed by atoms with van der Waals surface area (Å²) in [6.45, 7) is 10.2. The van der Waals surface area contributed by atoms with Crippen molar-refractivity contribution >= 4 is 10.4 Å². The third kappa shape index (κ3) is 8.54. The van der Waals surface area contributed by atoms with E-state index in [1.54, 1.807) is 0 Å². The van der Waals surface area contributed by atoms with Gasteiger partial charge in [0.2, 0.25) is 0 Å². The molecule has 58 heavy (non-hydrogen) atoms. The molecule has 0 spiro atoms. The van der Waals surface area contributed by atoms with Crippen molar-refractivity contribution in [2.75, 3.05) is 34.0 Å². The first-order chi connectivity index (χ1) is 27.1. The van der Waals surface area contributed by atoms with Crippen molar-refractivity contribution in [3.05, 3.63) is 0 Å². The van der Waals surface area contributed by atoms with Gasteiger partial charge in [-0.25, -0.2) is 4.18 Å². The normalized spacial score (nSPS) is 49.3. The Morgan fingerprint density at radius 3 is 2.16 bits per heavy atom. The van der Waals surface area contributed by atoms with E-state index < -0.39 is 125 Å². The van der Waals surface area contributed by atoms with Crippen LogP contribution in [0.4, 0.5) is 0 Å². The molecule has 6 fully saturated rings. The van der Waals surface area contributed by atoms with Crippen LogP contribution in [-0.2, 0) is 43.0 Å². The van der Waals surface area contributed by atoms with Gasteiger partial charge in [0.15, 0.2) is 12.6 Å². The number of aliphatic hydroxyl groups excluding tert-OH is 6. The molecule has 2 saturated heterocycles. The topological polar surface area (TPSA) is 261 Å². The van der Waals surface area contributed by atoms with Gasteiger partial charge in [0.05, 0.1) is 49.8 Å². The molecule has 0 amide bonds. The Labute approximate surface area is 342 Å². The van der Waals surface area contributed by atoms with E-state index in [1.165, 1.54) is 14.2 Å². The fraction of sp³-hybridized carbons (Fsp3) is 1.00. The lowest BCUT2D eigenvalue weighted by Gasteiger charge is -2.66. The van der Waals surface area contributed by atoms with E-state index in [4.69, 9.17) is 32.6 Å². The molecule has 21 atom stereocenters. The molecule has 8 N–H and O–H groups in total. The molecule has 6 aliphatic rings. The van der Waals surface area contributed by atoms with Crippen LogP contribution >= 0.6 is 0 Å². The Kier molecular flexibility index (Phi) is 14.4. The van der Waals surface area contributed by atoms with Gasteiger partial charge in [-0.05, 0) is 78.9 Å². The van der Waals surface area contributed by atoms with E-state index in [0.717, 1.165) is 12.8 Å². The molecule has 0 bridgehead atoms. The maximum absolute atomic E-state index is 12.9. The average molecular weight is 855 g/mol. The highest BCUT2D eigenvalue weighted by molar-refractivity contribution is 7.80. The van der Waals surface area contributed by atoms with Crippen LogP contribution in [0.3, 0.4) is 0 Å². The minimum absolute atomic E-state index is 0.00475. The summed E-state index contributed by atoms with van der Waals surface area (Å²) >= 11 is 0. The van der Waals surface area contributed by atoms with Crippen LogP contribution in [0.1, 0.15) is 86.0 Å². The summed E-state index contributed by atoms with van der Waals surface area (Å²) in [4.78, 5) is 0. The molecule has 2 aliphatic heterocycles. The van der Waals surface area contributed by atoms with E-state index in [2.05, 4.69) is 27.7 Å². The zero-order chi connectivity index (χ0) is 42.7. The molecule has 338 valence electrons. The minimum Gasteiger partial charge on any atom is -0.394 e. The van der Waals surface area contributed by atoms with Gasteiger partial charge < -0.3 is 64.2 Å². The highest BCUT2D eigenvalue weighted by Gasteiger charge is 2.72. The second-order valence-corrected chi connectivity index (χ2v) is 20.3. The summed E-state index contributed by atoms with van der Waals surface area (Å²) < 4.78 is 74.1. The van der Waals surface area contributed by atoms with Gasteiger partial charge in [-0.15, -0.1) is 0 Å². The van der Waals surface area contributed by atoms with E-state index in [1.807, 2.05) is 6.92 Å². The predicted octanol–water partition coefficient (Wildman–Crippen LogP) is 0.776. The first-order valence-electron chi connectivity index (χ1n) is 21.1. The first kappa shape index (κ1) is 46.8. The van der Waals surface area contributed by atoms with Crippen LogP contribution in [0.25, 0.3) is 0 Å². The van der Waals surface area contributed by atoms with Crippen LogP contribution in [-0.4, -0.2) is 162 Å². The lowest BCUT2D eigenvalue weighted by Crippen LogP contribution is -2.71. The van der Waals surface area contributed by atoms with Crippen molar-refractivity contribution in [2.45, 2.75) is 165 Å². The van der Waals surface area contributed by atoms with Crippen LogP contribution in [0.15, 0.2) is 0 Å². The zero-order valence-electron chi connectivity index (χ0n) is 34.9. The first-order valence-corrected chi connectivity index (χ1v) is 22.5.